The number of benzene rings is 2. The van der Waals surface area contributed by atoms with Crippen LogP contribution < -0.4 is 10.6 Å². The molecule has 0 saturated heterocycles. The van der Waals surface area contributed by atoms with Crippen LogP contribution in [-0.4, -0.2) is 28.8 Å². The van der Waals surface area contributed by atoms with E-state index < -0.39 is 0 Å². The van der Waals surface area contributed by atoms with Crippen LogP contribution in [0.5, 0.6) is 5.75 Å². The number of phenols is 1. The summed E-state index contributed by atoms with van der Waals surface area (Å²) in [6.45, 7) is 3.97. The Morgan fingerprint density at radius 2 is 1.57 bits per heavy atom. The van der Waals surface area contributed by atoms with Gasteiger partial charge in [0, 0.05) is 29.0 Å². The Kier molecular flexibility index (Phi) is 4.84. The zero-order valence-electron chi connectivity index (χ0n) is 16.3. The van der Waals surface area contributed by atoms with Crippen LogP contribution in [0.1, 0.15) is 77.8 Å². The van der Waals surface area contributed by atoms with Gasteiger partial charge in [0.1, 0.15) is 5.75 Å². The number of nitrogens with one attached hydrogen (secondary N) is 2. The first-order valence-electron chi connectivity index (χ1n) is 10.1. The molecule has 2 aliphatic rings. The molecule has 146 valence electrons. The summed E-state index contributed by atoms with van der Waals surface area (Å²) in [5.41, 5.74) is 2.48. The minimum absolute atomic E-state index is 0.0987. The number of hydrogen-bond donors (Lipinski definition) is 3. The van der Waals surface area contributed by atoms with Crippen molar-refractivity contribution < 1.29 is 14.7 Å². The summed E-state index contributed by atoms with van der Waals surface area (Å²) in [6.07, 6.45) is 5.74. The van der Waals surface area contributed by atoms with Gasteiger partial charge in [-0.2, -0.15) is 0 Å². The second-order valence-corrected chi connectivity index (χ2v) is 8.05. The monoisotopic (exact) mass is 378 g/mol. The van der Waals surface area contributed by atoms with Crippen LogP contribution in [-0.2, 0) is 0 Å². The number of phenolic OH excluding ortho intramolecular Hbond substituents is 1. The number of hydrogen-bond acceptors (Lipinski definition) is 5. The number of rotatable bonds is 4. The maximum atomic E-state index is 13.4. The van der Waals surface area contributed by atoms with E-state index in [0.717, 1.165) is 12.8 Å². The topological polar surface area (TPSA) is 78.4 Å². The smallest absolute Gasteiger partial charge is 0.200 e. The predicted molar refractivity (Wildman–Crippen MR) is 111 cm³/mol. The molecule has 2 aliphatic carbocycles. The summed E-state index contributed by atoms with van der Waals surface area (Å²) in [5.74, 6) is -0.674. The molecule has 28 heavy (non-hydrogen) atoms. The van der Waals surface area contributed by atoms with E-state index in [1.165, 1.54) is 25.3 Å². The van der Waals surface area contributed by atoms with Crippen LogP contribution in [0.2, 0.25) is 0 Å². The normalized spacial score (nSPS) is 16.7. The molecular weight excluding hydrogens is 352 g/mol. The van der Waals surface area contributed by atoms with E-state index in [0.29, 0.717) is 28.5 Å². The lowest BCUT2D eigenvalue weighted by Crippen LogP contribution is -2.28. The van der Waals surface area contributed by atoms with Crippen LogP contribution >= 0.6 is 0 Å². The Morgan fingerprint density at radius 1 is 0.893 bits per heavy atom. The highest BCUT2D eigenvalue weighted by Gasteiger charge is 2.36. The molecule has 0 atom stereocenters. The molecule has 2 aromatic rings. The summed E-state index contributed by atoms with van der Waals surface area (Å²) >= 11 is 0. The first-order chi connectivity index (χ1) is 13.5. The summed E-state index contributed by atoms with van der Waals surface area (Å²) < 4.78 is 0. The fraction of sp³-hybridized carbons (Fsp3) is 0.391. The molecule has 1 saturated carbocycles. The van der Waals surface area contributed by atoms with Crippen LogP contribution in [0.4, 0.5) is 11.4 Å². The summed E-state index contributed by atoms with van der Waals surface area (Å²) in [4.78, 5) is 26.7. The molecule has 1 fully saturated rings. The van der Waals surface area contributed by atoms with Crippen LogP contribution in [0, 0.1) is 0 Å². The van der Waals surface area contributed by atoms with Gasteiger partial charge < -0.3 is 15.7 Å². The van der Waals surface area contributed by atoms with E-state index in [1.54, 1.807) is 12.1 Å². The molecule has 2 aromatic carbocycles. The lowest BCUT2D eigenvalue weighted by atomic mass is 9.81. The van der Waals surface area contributed by atoms with Gasteiger partial charge in [0.25, 0.3) is 0 Å². The average Bonchev–Trinajstić information content (AvgIpc) is 2.67. The van der Waals surface area contributed by atoms with Gasteiger partial charge in [0.2, 0.25) is 0 Å². The van der Waals surface area contributed by atoms with Crippen molar-refractivity contribution in [1.82, 2.24) is 0 Å². The van der Waals surface area contributed by atoms with Gasteiger partial charge in [-0.3, -0.25) is 9.59 Å². The maximum absolute atomic E-state index is 13.4. The van der Waals surface area contributed by atoms with Crippen molar-refractivity contribution in [3.05, 3.63) is 52.6 Å². The minimum atomic E-state index is -0.307. The van der Waals surface area contributed by atoms with E-state index in [4.69, 9.17) is 0 Å². The van der Waals surface area contributed by atoms with Crippen molar-refractivity contribution in [2.75, 3.05) is 10.6 Å². The van der Waals surface area contributed by atoms with Gasteiger partial charge >= 0.3 is 0 Å². The van der Waals surface area contributed by atoms with Crippen molar-refractivity contribution in [3.63, 3.8) is 0 Å². The molecule has 0 amide bonds. The SMILES string of the molecule is CC(C)Nc1ccc(NC2CCCCC2)c2c1C(=O)c1c(O)cccc1C2=O. The molecule has 5 heteroatoms. The zero-order chi connectivity index (χ0) is 19.8. The minimum Gasteiger partial charge on any atom is -0.507 e. The zero-order valence-corrected chi connectivity index (χ0v) is 16.3. The molecule has 0 aromatic heterocycles. The van der Waals surface area contributed by atoms with Crippen molar-refractivity contribution in [2.24, 2.45) is 0 Å². The highest BCUT2D eigenvalue weighted by molar-refractivity contribution is 6.32. The lowest BCUT2D eigenvalue weighted by Gasteiger charge is -2.28. The quantitative estimate of drug-likeness (QED) is 0.612. The highest BCUT2D eigenvalue weighted by Crippen LogP contribution is 2.40. The third kappa shape index (κ3) is 3.15. The fourth-order valence-electron chi connectivity index (χ4n) is 4.32. The van der Waals surface area contributed by atoms with Crippen LogP contribution in [0.3, 0.4) is 0 Å². The van der Waals surface area contributed by atoms with Gasteiger partial charge in [-0.05, 0) is 44.9 Å². The van der Waals surface area contributed by atoms with E-state index in [-0.39, 0.29) is 34.5 Å². The van der Waals surface area contributed by atoms with Crippen molar-refractivity contribution in [3.8, 4) is 5.75 Å². The number of ketones is 2. The van der Waals surface area contributed by atoms with E-state index in [2.05, 4.69) is 10.6 Å². The number of anilines is 2. The molecule has 0 radical (unpaired) electrons. The van der Waals surface area contributed by atoms with Gasteiger partial charge in [0.05, 0.1) is 16.7 Å². The van der Waals surface area contributed by atoms with E-state index in [9.17, 15) is 14.7 Å². The van der Waals surface area contributed by atoms with E-state index >= 15 is 0 Å². The molecule has 0 unspecified atom stereocenters. The Bertz CT molecular complexity index is 943. The largest absolute Gasteiger partial charge is 0.507 e. The van der Waals surface area contributed by atoms with Crippen molar-refractivity contribution >= 4 is 22.9 Å². The van der Waals surface area contributed by atoms with Crippen molar-refractivity contribution in [2.45, 2.75) is 58.0 Å². The van der Waals surface area contributed by atoms with Crippen molar-refractivity contribution in [1.29, 1.82) is 0 Å². The number of aromatic hydroxyl groups is 1. The highest BCUT2D eigenvalue weighted by atomic mass is 16.3. The standard InChI is InChI=1S/C23H26N2O3/c1-13(2)24-16-11-12-17(25-14-7-4-3-5-8-14)20-21(16)23(28)19-15(22(20)27)9-6-10-18(19)26/h6,9-14,24-26H,3-5,7-8H2,1-2H3. The summed E-state index contributed by atoms with van der Waals surface area (Å²) in [7, 11) is 0. The fourth-order valence-corrected chi connectivity index (χ4v) is 4.32. The number of carbonyl (C=O) groups excluding carboxylic acids is 2. The summed E-state index contributed by atoms with van der Waals surface area (Å²) in [6, 6.07) is 8.86. The molecule has 0 heterocycles. The van der Waals surface area contributed by atoms with Crippen LogP contribution in [0.25, 0.3) is 0 Å². The first kappa shape index (κ1) is 18.5. The summed E-state index contributed by atoms with van der Waals surface area (Å²) in [5, 5.41) is 17.1. The molecule has 0 spiro atoms. The van der Waals surface area contributed by atoms with Crippen LogP contribution in [0.15, 0.2) is 30.3 Å². The average molecular weight is 378 g/mol. The Labute approximate surface area is 165 Å². The van der Waals surface area contributed by atoms with Gasteiger partial charge in [-0.15, -0.1) is 0 Å². The maximum Gasteiger partial charge on any atom is 0.200 e. The Balaban J connectivity index is 1.86. The Morgan fingerprint density at radius 3 is 2.29 bits per heavy atom. The van der Waals surface area contributed by atoms with E-state index in [1.807, 2.05) is 26.0 Å². The molecule has 0 aliphatic heterocycles. The molecule has 4 rings (SSSR count). The predicted octanol–water partition coefficient (Wildman–Crippen LogP) is 4.73. The second-order valence-electron chi connectivity index (χ2n) is 8.05. The lowest BCUT2D eigenvalue weighted by molar-refractivity contribution is 0.0977. The molecule has 3 N–H and O–H groups in total. The van der Waals surface area contributed by atoms with Gasteiger partial charge in [-0.1, -0.05) is 31.4 Å². The third-order valence-corrected chi connectivity index (χ3v) is 5.58. The number of fused-ring (bicyclic) bond motifs is 2. The second kappa shape index (κ2) is 7.30. The molecule has 0 bridgehead atoms. The van der Waals surface area contributed by atoms with Gasteiger partial charge in [0.15, 0.2) is 11.6 Å². The molecular formula is C23H26N2O3. The van der Waals surface area contributed by atoms with Gasteiger partial charge in [-0.25, -0.2) is 0 Å². The molecule has 5 nitrogen and oxygen atoms in total. The third-order valence-electron chi connectivity index (χ3n) is 5.58. The first-order valence-corrected chi connectivity index (χ1v) is 10.1. The number of carbonyl (C=O) groups is 2. The Hall–Kier alpha value is -2.82.